The number of fused-ring (bicyclic) bond motifs is 1. The lowest BCUT2D eigenvalue weighted by Crippen LogP contribution is -2.36. The van der Waals surface area contributed by atoms with E-state index in [2.05, 4.69) is 30.7 Å². The maximum atomic E-state index is 12.9. The van der Waals surface area contributed by atoms with Gasteiger partial charge in [-0.2, -0.15) is 4.98 Å². The molecule has 1 aliphatic heterocycles. The predicted molar refractivity (Wildman–Crippen MR) is 122 cm³/mol. The molecule has 0 spiro atoms. The number of anilines is 4. The fraction of sp³-hybridized carbons (Fsp3) is 0.143. The molecule has 9 nitrogen and oxygen atoms in total. The van der Waals surface area contributed by atoms with Crippen LogP contribution in [0, 0.1) is 0 Å². The van der Waals surface area contributed by atoms with Gasteiger partial charge in [0.25, 0.3) is 5.56 Å². The molecule has 1 aromatic heterocycles. The first-order valence-electron chi connectivity index (χ1n) is 9.81. The highest BCUT2D eigenvalue weighted by Crippen LogP contribution is 2.32. The molecule has 0 saturated heterocycles. The first kappa shape index (κ1) is 24.4. The Hall–Kier alpha value is -3.77. The van der Waals surface area contributed by atoms with Crippen molar-refractivity contribution in [3.8, 4) is 5.75 Å². The Morgan fingerprint density at radius 2 is 1.80 bits per heavy atom. The molecule has 0 saturated carbocycles. The third-order valence-corrected chi connectivity index (χ3v) is 5.16. The van der Waals surface area contributed by atoms with Gasteiger partial charge < -0.3 is 20.7 Å². The zero-order valence-corrected chi connectivity index (χ0v) is 18.8. The second-order valence-electron chi connectivity index (χ2n) is 7.33. The number of nitrogens with zero attached hydrogens (tertiary/aromatic N) is 1. The third kappa shape index (κ3) is 6.03. The number of hydrogen-bond acceptors (Lipinski definition) is 6. The molecule has 0 radical (unpaired) electrons. The molecule has 1 atom stereocenters. The number of aromatic amines is 1. The molecular weight excluding hydrogens is 514 g/mol. The van der Waals surface area contributed by atoms with Gasteiger partial charge in [-0.3, -0.25) is 19.4 Å². The summed E-state index contributed by atoms with van der Waals surface area (Å²) in [5.74, 6) is -3.37. The third-order valence-electron chi connectivity index (χ3n) is 4.73. The standard InChI is InChI=1S/C21H14Cl2F3N5O4/c22-9-4-10(23)6-12(5-9)28-20-30-17-16(19(34)31-20)14(8-15(32)29-17)18(33)27-11-2-1-3-13(7-11)35-21(24,25)26/h1-7,14H,8H2,(H,27,33)(H3,28,29,30,31,32,34). The largest absolute Gasteiger partial charge is 0.573 e. The number of carbonyl (C=O) groups is 2. The summed E-state index contributed by atoms with van der Waals surface area (Å²) in [7, 11) is 0. The van der Waals surface area contributed by atoms with E-state index in [0.29, 0.717) is 15.7 Å². The number of H-pyrrole nitrogens is 1. The molecule has 14 heteroatoms. The lowest BCUT2D eigenvalue weighted by Gasteiger charge is -2.23. The van der Waals surface area contributed by atoms with Crippen LogP contribution in [0.15, 0.2) is 47.3 Å². The summed E-state index contributed by atoms with van der Waals surface area (Å²) < 4.78 is 41.2. The Kier molecular flexibility index (Phi) is 6.59. The number of hydrogen-bond donors (Lipinski definition) is 4. The predicted octanol–water partition coefficient (Wildman–Crippen LogP) is 4.78. The van der Waals surface area contributed by atoms with Gasteiger partial charge >= 0.3 is 6.36 Å². The van der Waals surface area contributed by atoms with E-state index < -0.39 is 35.4 Å². The normalized spacial score (nSPS) is 15.1. The lowest BCUT2D eigenvalue weighted by atomic mass is 9.92. The molecule has 1 unspecified atom stereocenters. The maximum Gasteiger partial charge on any atom is 0.573 e. The number of ether oxygens (including phenoxy) is 1. The van der Waals surface area contributed by atoms with E-state index in [1.807, 2.05) is 0 Å². The van der Waals surface area contributed by atoms with Crippen LogP contribution in [0.3, 0.4) is 0 Å². The van der Waals surface area contributed by atoms with Crippen molar-refractivity contribution >= 4 is 58.2 Å². The summed E-state index contributed by atoms with van der Waals surface area (Å²) in [4.78, 5) is 44.6. The van der Waals surface area contributed by atoms with Gasteiger partial charge in [-0.1, -0.05) is 29.3 Å². The number of rotatable bonds is 5. The van der Waals surface area contributed by atoms with Crippen LogP contribution < -0.4 is 26.2 Å². The fourth-order valence-electron chi connectivity index (χ4n) is 3.42. The van der Waals surface area contributed by atoms with Crippen LogP contribution in [0.5, 0.6) is 5.75 Å². The molecule has 0 fully saturated rings. The molecular formula is C21H14Cl2F3N5O4. The minimum absolute atomic E-state index is 0.0233. The number of benzene rings is 2. The van der Waals surface area contributed by atoms with Crippen LogP contribution in [0.25, 0.3) is 0 Å². The van der Waals surface area contributed by atoms with Gasteiger partial charge in [-0.05, 0) is 30.3 Å². The van der Waals surface area contributed by atoms with E-state index in [9.17, 15) is 27.6 Å². The summed E-state index contributed by atoms with van der Waals surface area (Å²) in [6.07, 6.45) is -5.29. The average Bonchev–Trinajstić information content (AvgIpc) is 2.71. The van der Waals surface area contributed by atoms with E-state index in [-0.39, 0.29) is 29.4 Å². The average molecular weight is 528 g/mol. The quantitative estimate of drug-likeness (QED) is 0.378. The first-order chi connectivity index (χ1) is 16.5. The van der Waals surface area contributed by atoms with Crippen LogP contribution >= 0.6 is 23.2 Å². The van der Waals surface area contributed by atoms with Gasteiger partial charge in [-0.25, -0.2) is 0 Å². The smallest absolute Gasteiger partial charge is 0.406 e. The zero-order chi connectivity index (χ0) is 25.3. The molecule has 3 aromatic rings. The number of halogens is 5. The van der Waals surface area contributed by atoms with Crippen LogP contribution in [0.1, 0.15) is 17.9 Å². The molecule has 4 rings (SSSR count). The van der Waals surface area contributed by atoms with Crippen LogP contribution in [0.4, 0.5) is 36.3 Å². The molecule has 2 heterocycles. The lowest BCUT2D eigenvalue weighted by molar-refractivity contribution is -0.274. The second kappa shape index (κ2) is 9.47. The van der Waals surface area contributed by atoms with Crippen molar-refractivity contribution in [2.75, 3.05) is 16.0 Å². The number of amides is 2. The fourth-order valence-corrected chi connectivity index (χ4v) is 3.94. The minimum Gasteiger partial charge on any atom is -0.406 e. The first-order valence-corrected chi connectivity index (χ1v) is 10.6. The van der Waals surface area contributed by atoms with Gasteiger partial charge in [0.2, 0.25) is 17.8 Å². The molecule has 0 bridgehead atoms. The van der Waals surface area contributed by atoms with Crippen LogP contribution in [0.2, 0.25) is 10.0 Å². The summed E-state index contributed by atoms with van der Waals surface area (Å²) in [5, 5.41) is 8.31. The van der Waals surface area contributed by atoms with Crippen molar-refractivity contribution in [1.82, 2.24) is 9.97 Å². The molecule has 182 valence electrons. The Morgan fingerprint density at radius 3 is 2.49 bits per heavy atom. The topological polar surface area (TPSA) is 125 Å². The van der Waals surface area contributed by atoms with Crippen molar-refractivity contribution in [2.45, 2.75) is 18.7 Å². The summed E-state index contributed by atoms with van der Waals surface area (Å²) >= 11 is 11.9. The van der Waals surface area contributed by atoms with Crippen molar-refractivity contribution in [3.63, 3.8) is 0 Å². The number of aromatic nitrogens is 2. The van der Waals surface area contributed by atoms with Gasteiger partial charge in [0.05, 0.1) is 11.5 Å². The number of alkyl halides is 3. The van der Waals surface area contributed by atoms with E-state index in [1.54, 1.807) is 0 Å². The molecule has 2 aromatic carbocycles. The van der Waals surface area contributed by atoms with Gasteiger partial charge in [-0.15, -0.1) is 13.2 Å². The van der Waals surface area contributed by atoms with Crippen molar-refractivity contribution in [3.05, 3.63) is 68.4 Å². The Bertz CT molecular complexity index is 1360. The second-order valence-corrected chi connectivity index (χ2v) is 8.20. The Balaban J connectivity index is 1.60. The van der Waals surface area contributed by atoms with Crippen LogP contribution in [-0.4, -0.2) is 28.1 Å². The summed E-state index contributed by atoms with van der Waals surface area (Å²) in [6, 6.07) is 9.15. The zero-order valence-electron chi connectivity index (χ0n) is 17.3. The highest BCUT2D eigenvalue weighted by Gasteiger charge is 2.35. The SMILES string of the molecule is O=C1CC(C(=O)Nc2cccc(OC(F)(F)F)c2)c2c(nc(Nc3cc(Cl)cc(Cl)c3)[nH]c2=O)N1. The van der Waals surface area contributed by atoms with Crippen molar-refractivity contribution in [1.29, 1.82) is 0 Å². The van der Waals surface area contributed by atoms with Crippen LogP contribution in [-0.2, 0) is 9.59 Å². The summed E-state index contributed by atoms with van der Waals surface area (Å²) in [6.45, 7) is 0. The van der Waals surface area contributed by atoms with Gasteiger partial charge in [0.15, 0.2) is 0 Å². The van der Waals surface area contributed by atoms with Gasteiger partial charge in [0, 0.05) is 33.9 Å². The van der Waals surface area contributed by atoms with Crippen molar-refractivity contribution < 1.29 is 27.5 Å². The van der Waals surface area contributed by atoms with E-state index in [0.717, 1.165) is 12.1 Å². The van der Waals surface area contributed by atoms with Crippen molar-refractivity contribution in [2.24, 2.45) is 0 Å². The minimum atomic E-state index is -4.91. The molecule has 1 aliphatic rings. The maximum absolute atomic E-state index is 12.9. The monoisotopic (exact) mass is 527 g/mol. The molecule has 2 amide bonds. The Morgan fingerprint density at radius 1 is 1.09 bits per heavy atom. The molecule has 4 N–H and O–H groups in total. The molecule has 35 heavy (non-hydrogen) atoms. The Labute approximate surface area is 204 Å². The molecule has 0 aliphatic carbocycles. The number of carbonyl (C=O) groups excluding carboxylic acids is 2. The van der Waals surface area contributed by atoms with E-state index >= 15 is 0 Å². The van der Waals surface area contributed by atoms with E-state index in [4.69, 9.17) is 23.2 Å². The highest BCUT2D eigenvalue weighted by atomic mass is 35.5. The van der Waals surface area contributed by atoms with E-state index in [1.165, 1.54) is 30.3 Å². The highest BCUT2D eigenvalue weighted by molar-refractivity contribution is 6.35. The number of nitrogens with one attached hydrogen (secondary N) is 4. The van der Waals surface area contributed by atoms with Gasteiger partial charge in [0.1, 0.15) is 11.6 Å². The summed E-state index contributed by atoms with van der Waals surface area (Å²) in [5.41, 5.74) is -0.438.